The van der Waals surface area contributed by atoms with Crippen LogP contribution in [-0.2, 0) is 0 Å². The lowest BCUT2D eigenvalue weighted by atomic mass is 9.98. The van der Waals surface area contributed by atoms with Gasteiger partial charge >= 0.3 is 0 Å². The molecular weight excluding hydrogens is 204 g/mol. The van der Waals surface area contributed by atoms with E-state index in [4.69, 9.17) is 11.6 Å². The zero-order valence-electron chi connectivity index (χ0n) is 8.84. The van der Waals surface area contributed by atoms with E-state index in [9.17, 15) is 0 Å². The molecule has 0 bridgehead atoms. The minimum absolute atomic E-state index is 0.791. The second-order valence-electron chi connectivity index (χ2n) is 3.70. The summed E-state index contributed by atoms with van der Waals surface area (Å²) in [6.45, 7) is 4.12. The van der Waals surface area contributed by atoms with Crippen LogP contribution >= 0.6 is 11.6 Å². The van der Waals surface area contributed by atoms with Gasteiger partial charge in [0.2, 0.25) is 0 Å². The maximum absolute atomic E-state index is 6.17. The van der Waals surface area contributed by atoms with E-state index in [2.05, 4.69) is 26.0 Å². The van der Waals surface area contributed by atoms with Gasteiger partial charge in [0, 0.05) is 10.6 Å². The van der Waals surface area contributed by atoms with E-state index in [0.29, 0.717) is 0 Å². The number of hydrogen-bond acceptors (Lipinski definition) is 0. The van der Waals surface area contributed by atoms with Crippen molar-refractivity contribution in [2.75, 3.05) is 0 Å². The lowest BCUT2D eigenvalue weighted by molar-refractivity contribution is 1.38. The number of rotatable bonds is 1. The highest BCUT2D eigenvalue weighted by Gasteiger charge is 2.05. The van der Waals surface area contributed by atoms with Crippen LogP contribution in [0.1, 0.15) is 11.1 Å². The number of aryl methyl sites for hydroxylation is 2. The van der Waals surface area contributed by atoms with Gasteiger partial charge < -0.3 is 0 Å². The largest absolute Gasteiger partial charge is 0.0837 e. The lowest BCUT2D eigenvalue weighted by Crippen LogP contribution is -1.86. The summed E-state index contributed by atoms with van der Waals surface area (Å²) in [5.74, 6) is 0. The first-order chi connectivity index (χ1) is 7.18. The van der Waals surface area contributed by atoms with Gasteiger partial charge in [0.25, 0.3) is 0 Å². The van der Waals surface area contributed by atoms with Crippen molar-refractivity contribution in [3.05, 3.63) is 58.6 Å². The van der Waals surface area contributed by atoms with Crippen molar-refractivity contribution < 1.29 is 0 Å². The van der Waals surface area contributed by atoms with E-state index in [1.807, 2.05) is 30.3 Å². The molecule has 15 heavy (non-hydrogen) atoms. The monoisotopic (exact) mass is 215 g/mol. The maximum atomic E-state index is 6.17. The van der Waals surface area contributed by atoms with Gasteiger partial charge in [-0.15, -0.1) is 0 Å². The van der Waals surface area contributed by atoms with Gasteiger partial charge in [0.1, 0.15) is 0 Å². The van der Waals surface area contributed by atoms with Crippen molar-refractivity contribution in [2.45, 2.75) is 13.8 Å². The summed E-state index contributed by atoms with van der Waals surface area (Å²) in [4.78, 5) is 0. The third-order valence-corrected chi connectivity index (χ3v) is 2.79. The molecule has 0 aromatic heterocycles. The van der Waals surface area contributed by atoms with Crippen LogP contribution in [0, 0.1) is 19.9 Å². The van der Waals surface area contributed by atoms with E-state index < -0.39 is 0 Å². The summed E-state index contributed by atoms with van der Waals surface area (Å²) < 4.78 is 0. The molecule has 0 fully saturated rings. The molecule has 0 saturated heterocycles. The first kappa shape index (κ1) is 10.3. The van der Waals surface area contributed by atoms with Crippen molar-refractivity contribution in [3.8, 4) is 11.1 Å². The van der Waals surface area contributed by atoms with E-state index in [0.717, 1.165) is 16.1 Å². The molecule has 0 N–H and O–H groups in total. The first-order valence-electron chi connectivity index (χ1n) is 4.92. The molecule has 0 unspecified atom stereocenters. The third kappa shape index (κ3) is 2.05. The second-order valence-corrected chi connectivity index (χ2v) is 4.10. The van der Waals surface area contributed by atoms with Crippen LogP contribution in [-0.4, -0.2) is 0 Å². The summed E-state index contributed by atoms with van der Waals surface area (Å²) in [6.07, 6.45) is 0. The van der Waals surface area contributed by atoms with Crippen LogP contribution in [0.15, 0.2) is 36.4 Å². The van der Waals surface area contributed by atoms with Gasteiger partial charge in [-0.05, 0) is 42.7 Å². The predicted octanol–water partition coefficient (Wildman–Crippen LogP) is 4.42. The van der Waals surface area contributed by atoms with Crippen molar-refractivity contribution in [2.24, 2.45) is 0 Å². The second kappa shape index (κ2) is 4.08. The Balaban J connectivity index is 2.64. The van der Waals surface area contributed by atoms with Gasteiger partial charge in [0.05, 0.1) is 0 Å². The molecule has 0 saturated carbocycles. The molecule has 75 valence electrons. The Kier molecular flexibility index (Phi) is 2.79. The van der Waals surface area contributed by atoms with E-state index in [1.54, 1.807) is 0 Å². The van der Waals surface area contributed by atoms with Crippen LogP contribution < -0.4 is 0 Å². The highest BCUT2D eigenvalue weighted by atomic mass is 35.5. The number of benzene rings is 2. The van der Waals surface area contributed by atoms with Gasteiger partial charge in [-0.3, -0.25) is 0 Å². The fourth-order valence-electron chi connectivity index (χ4n) is 1.64. The van der Waals surface area contributed by atoms with Crippen molar-refractivity contribution in [1.82, 2.24) is 0 Å². The summed E-state index contributed by atoms with van der Waals surface area (Å²) in [6, 6.07) is 15.3. The molecule has 2 rings (SSSR count). The topological polar surface area (TPSA) is 0 Å². The smallest absolute Gasteiger partial charge is 0.0484 e. The molecular formula is C14H12Cl. The first-order valence-corrected chi connectivity index (χ1v) is 5.30. The van der Waals surface area contributed by atoms with Crippen LogP contribution in [0.3, 0.4) is 0 Å². The normalized spacial score (nSPS) is 10.3. The average molecular weight is 216 g/mol. The number of halogens is 1. The Labute approximate surface area is 95.5 Å². The molecule has 0 aliphatic rings. The summed E-state index contributed by atoms with van der Waals surface area (Å²) in [5, 5.41) is 0.791. The highest BCUT2D eigenvalue weighted by molar-refractivity contribution is 6.33. The van der Waals surface area contributed by atoms with Gasteiger partial charge in [0.15, 0.2) is 0 Å². The Morgan fingerprint density at radius 2 is 1.80 bits per heavy atom. The SMILES string of the molecule is Cc1c[c]c(C)c(-c2ccccc2Cl)c1. The summed E-state index contributed by atoms with van der Waals surface area (Å²) in [5.41, 5.74) is 4.58. The Hall–Kier alpha value is -1.27. The van der Waals surface area contributed by atoms with Gasteiger partial charge in [-0.2, -0.15) is 0 Å². The third-order valence-electron chi connectivity index (χ3n) is 2.46. The van der Waals surface area contributed by atoms with Crippen molar-refractivity contribution in [1.29, 1.82) is 0 Å². The molecule has 1 heteroatoms. The van der Waals surface area contributed by atoms with Crippen LogP contribution in [0.2, 0.25) is 5.02 Å². The Morgan fingerprint density at radius 1 is 1.07 bits per heavy atom. The molecule has 0 atom stereocenters. The molecule has 1 radical (unpaired) electrons. The van der Waals surface area contributed by atoms with E-state index >= 15 is 0 Å². The van der Waals surface area contributed by atoms with Crippen LogP contribution in [0.4, 0.5) is 0 Å². The molecule has 0 amide bonds. The van der Waals surface area contributed by atoms with Crippen LogP contribution in [0.5, 0.6) is 0 Å². The van der Waals surface area contributed by atoms with Crippen LogP contribution in [0.25, 0.3) is 11.1 Å². The molecule has 0 spiro atoms. The fraction of sp³-hybridized carbons (Fsp3) is 0.143. The molecule has 2 aromatic rings. The standard InChI is InChI=1S/C14H12Cl/c1-10-7-8-11(2)13(9-10)12-5-3-4-6-14(12)15/h3-7,9H,1-2H3. The molecule has 0 aliphatic carbocycles. The average Bonchev–Trinajstić information content (AvgIpc) is 2.23. The van der Waals surface area contributed by atoms with Crippen molar-refractivity contribution in [3.63, 3.8) is 0 Å². The van der Waals surface area contributed by atoms with E-state index in [1.165, 1.54) is 11.1 Å². The number of hydrogen-bond donors (Lipinski definition) is 0. The molecule has 0 aliphatic heterocycles. The maximum Gasteiger partial charge on any atom is 0.0484 e. The molecule has 0 nitrogen and oxygen atoms in total. The quantitative estimate of drug-likeness (QED) is 0.661. The summed E-state index contributed by atoms with van der Waals surface area (Å²) >= 11 is 6.17. The fourth-order valence-corrected chi connectivity index (χ4v) is 1.87. The molecule has 0 heterocycles. The van der Waals surface area contributed by atoms with Gasteiger partial charge in [-0.1, -0.05) is 41.9 Å². The van der Waals surface area contributed by atoms with Gasteiger partial charge in [-0.25, -0.2) is 0 Å². The van der Waals surface area contributed by atoms with Crippen molar-refractivity contribution >= 4 is 11.6 Å². The zero-order chi connectivity index (χ0) is 10.8. The van der Waals surface area contributed by atoms with E-state index in [-0.39, 0.29) is 0 Å². The Bertz CT molecular complexity index is 486. The summed E-state index contributed by atoms with van der Waals surface area (Å²) in [7, 11) is 0. The minimum atomic E-state index is 0.791. The Morgan fingerprint density at radius 3 is 2.53 bits per heavy atom. The highest BCUT2D eigenvalue weighted by Crippen LogP contribution is 2.30. The minimum Gasteiger partial charge on any atom is -0.0837 e. The zero-order valence-corrected chi connectivity index (χ0v) is 9.60. The molecule has 2 aromatic carbocycles. The lowest BCUT2D eigenvalue weighted by Gasteiger charge is -2.08. The predicted molar refractivity (Wildman–Crippen MR) is 65.2 cm³/mol.